The van der Waals surface area contributed by atoms with Crippen molar-refractivity contribution < 1.29 is 4.74 Å². The first-order valence-corrected chi connectivity index (χ1v) is 5.57. The molecule has 0 aromatic carbocycles. The lowest BCUT2D eigenvalue weighted by atomic mass is 9.83. The van der Waals surface area contributed by atoms with Gasteiger partial charge in [-0.3, -0.25) is 0 Å². The van der Waals surface area contributed by atoms with Gasteiger partial charge in [0.2, 0.25) is 0 Å². The lowest BCUT2D eigenvalue weighted by molar-refractivity contribution is 0.0757. The van der Waals surface area contributed by atoms with Gasteiger partial charge in [0.05, 0.1) is 6.10 Å². The first-order valence-electron chi connectivity index (χ1n) is 5.57. The van der Waals surface area contributed by atoms with Gasteiger partial charge in [0, 0.05) is 18.6 Å². The minimum Gasteiger partial charge on any atom is -0.378 e. The predicted molar refractivity (Wildman–Crippen MR) is 55.6 cm³/mol. The maximum atomic E-state index is 6.22. The number of hydrogen-bond donors (Lipinski definition) is 1. The van der Waals surface area contributed by atoms with Crippen LogP contribution in [0.2, 0.25) is 0 Å². The monoisotopic (exact) mass is 185 g/mol. The normalized spacial score (nSPS) is 33.2. The van der Waals surface area contributed by atoms with Gasteiger partial charge >= 0.3 is 0 Å². The van der Waals surface area contributed by atoms with Crippen molar-refractivity contribution in [3.63, 3.8) is 0 Å². The predicted octanol–water partition coefficient (Wildman–Crippen LogP) is 2.17. The molecule has 0 amide bonds. The van der Waals surface area contributed by atoms with Gasteiger partial charge in [0.1, 0.15) is 0 Å². The summed E-state index contributed by atoms with van der Waals surface area (Å²) < 4.78 is 5.65. The van der Waals surface area contributed by atoms with Crippen molar-refractivity contribution >= 4 is 0 Å². The largest absolute Gasteiger partial charge is 0.378 e. The van der Waals surface area contributed by atoms with Gasteiger partial charge in [-0.1, -0.05) is 27.2 Å². The molecule has 2 N–H and O–H groups in total. The van der Waals surface area contributed by atoms with Crippen LogP contribution in [0, 0.1) is 11.8 Å². The lowest BCUT2D eigenvalue weighted by Gasteiger charge is -2.28. The zero-order chi connectivity index (χ0) is 9.84. The Morgan fingerprint density at radius 1 is 1.46 bits per heavy atom. The van der Waals surface area contributed by atoms with Gasteiger partial charge in [-0.25, -0.2) is 0 Å². The minimum atomic E-state index is 0.331. The van der Waals surface area contributed by atoms with Gasteiger partial charge in [-0.2, -0.15) is 0 Å². The summed E-state index contributed by atoms with van der Waals surface area (Å²) in [6.45, 7) is 7.55. The van der Waals surface area contributed by atoms with Gasteiger partial charge in [-0.05, 0) is 18.8 Å². The molecule has 0 spiro atoms. The number of ether oxygens (including phenoxy) is 1. The zero-order valence-electron chi connectivity index (χ0n) is 9.12. The topological polar surface area (TPSA) is 35.2 Å². The second-order valence-electron chi connectivity index (χ2n) is 4.23. The molecule has 2 nitrogen and oxygen atoms in total. The van der Waals surface area contributed by atoms with E-state index < -0.39 is 0 Å². The highest BCUT2D eigenvalue weighted by atomic mass is 16.5. The second kappa shape index (κ2) is 4.97. The molecule has 0 aliphatic carbocycles. The van der Waals surface area contributed by atoms with E-state index in [2.05, 4.69) is 20.8 Å². The molecule has 0 aromatic heterocycles. The second-order valence-corrected chi connectivity index (χ2v) is 4.23. The van der Waals surface area contributed by atoms with E-state index in [1.54, 1.807) is 0 Å². The molecule has 1 aliphatic rings. The molecule has 0 radical (unpaired) electrons. The van der Waals surface area contributed by atoms with Crippen LogP contribution < -0.4 is 5.73 Å². The molecule has 0 bridgehead atoms. The number of rotatable bonds is 4. The van der Waals surface area contributed by atoms with E-state index in [0.717, 1.165) is 19.4 Å². The molecule has 0 aromatic rings. The van der Waals surface area contributed by atoms with E-state index in [4.69, 9.17) is 10.5 Å². The maximum Gasteiger partial charge on any atom is 0.0616 e. The summed E-state index contributed by atoms with van der Waals surface area (Å²) in [5.41, 5.74) is 6.22. The van der Waals surface area contributed by atoms with Crippen LogP contribution in [0.25, 0.3) is 0 Å². The third-order valence-electron chi connectivity index (χ3n) is 3.46. The Labute approximate surface area is 81.8 Å². The fourth-order valence-electron chi connectivity index (χ4n) is 2.22. The highest BCUT2D eigenvalue weighted by Gasteiger charge is 2.33. The fourth-order valence-corrected chi connectivity index (χ4v) is 2.22. The van der Waals surface area contributed by atoms with Crippen molar-refractivity contribution in [3.8, 4) is 0 Å². The highest BCUT2D eigenvalue weighted by molar-refractivity contribution is 4.86. The van der Waals surface area contributed by atoms with E-state index in [0.29, 0.717) is 24.0 Å². The average Bonchev–Trinajstić information content (AvgIpc) is 2.62. The molecule has 78 valence electrons. The molecule has 1 aliphatic heterocycles. The quantitative estimate of drug-likeness (QED) is 0.728. The van der Waals surface area contributed by atoms with E-state index in [1.165, 1.54) is 6.42 Å². The standard InChI is InChI=1S/C11H23NO/c1-4-8(3)11(12)9-6-7-13-10(9)5-2/h8-11H,4-7,12H2,1-3H3. The van der Waals surface area contributed by atoms with E-state index >= 15 is 0 Å². The molecule has 1 saturated heterocycles. The van der Waals surface area contributed by atoms with Crippen LogP contribution in [0.3, 0.4) is 0 Å². The Hall–Kier alpha value is -0.0800. The Bertz CT molecular complexity index is 149. The van der Waals surface area contributed by atoms with Crippen molar-refractivity contribution in [2.45, 2.75) is 52.2 Å². The van der Waals surface area contributed by atoms with Crippen LogP contribution in [0.15, 0.2) is 0 Å². The minimum absolute atomic E-state index is 0.331. The van der Waals surface area contributed by atoms with Crippen molar-refractivity contribution in [1.82, 2.24) is 0 Å². The molecule has 0 saturated carbocycles. The number of hydrogen-bond acceptors (Lipinski definition) is 2. The van der Waals surface area contributed by atoms with Crippen molar-refractivity contribution in [2.24, 2.45) is 17.6 Å². The molecule has 4 unspecified atom stereocenters. The summed E-state index contributed by atoms with van der Waals surface area (Å²) >= 11 is 0. The van der Waals surface area contributed by atoms with E-state index in [9.17, 15) is 0 Å². The van der Waals surface area contributed by atoms with E-state index in [-0.39, 0.29) is 0 Å². The zero-order valence-corrected chi connectivity index (χ0v) is 9.12. The van der Waals surface area contributed by atoms with Crippen LogP contribution in [-0.4, -0.2) is 18.8 Å². The third kappa shape index (κ3) is 2.44. The molecule has 13 heavy (non-hydrogen) atoms. The van der Waals surface area contributed by atoms with Crippen LogP contribution in [-0.2, 0) is 4.74 Å². The summed E-state index contributed by atoms with van der Waals surface area (Å²) in [4.78, 5) is 0. The highest BCUT2D eigenvalue weighted by Crippen LogP contribution is 2.29. The van der Waals surface area contributed by atoms with Crippen molar-refractivity contribution in [1.29, 1.82) is 0 Å². The first kappa shape index (κ1) is 11.0. The molecule has 1 rings (SSSR count). The van der Waals surface area contributed by atoms with Crippen molar-refractivity contribution in [2.75, 3.05) is 6.61 Å². The first-order chi connectivity index (χ1) is 6.20. The van der Waals surface area contributed by atoms with Crippen molar-refractivity contribution in [3.05, 3.63) is 0 Å². The van der Waals surface area contributed by atoms with E-state index in [1.807, 2.05) is 0 Å². The summed E-state index contributed by atoms with van der Waals surface area (Å²) in [7, 11) is 0. The molecule has 1 heterocycles. The van der Waals surface area contributed by atoms with Gasteiger partial charge < -0.3 is 10.5 Å². The summed E-state index contributed by atoms with van der Waals surface area (Å²) in [6, 6.07) is 0.331. The number of nitrogens with two attached hydrogens (primary N) is 1. The van der Waals surface area contributed by atoms with Gasteiger partial charge in [0.15, 0.2) is 0 Å². The molecular weight excluding hydrogens is 162 g/mol. The van der Waals surface area contributed by atoms with Crippen LogP contribution in [0.4, 0.5) is 0 Å². The Kier molecular flexibility index (Phi) is 4.20. The maximum absolute atomic E-state index is 6.22. The Morgan fingerprint density at radius 3 is 2.69 bits per heavy atom. The average molecular weight is 185 g/mol. The van der Waals surface area contributed by atoms with Crippen LogP contribution in [0.5, 0.6) is 0 Å². The molecule has 4 atom stereocenters. The lowest BCUT2D eigenvalue weighted by Crippen LogP contribution is -2.40. The van der Waals surface area contributed by atoms with Gasteiger partial charge in [0.25, 0.3) is 0 Å². The SMILES string of the molecule is CCC(C)C(N)C1CCOC1CC. The fraction of sp³-hybridized carbons (Fsp3) is 1.00. The smallest absolute Gasteiger partial charge is 0.0616 e. The summed E-state index contributed by atoms with van der Waals surface area (Å²) in [5, 5.41) is 0. The molecular formula is C11H23NO. The Balaban J connectivity index is 2.49. The third-order valence-corrected chi connectivity index (χ3v) is 3.46. The molecule has 2 heteroatoms. The van der Waals surface area contributed by atoms with Gasteiger partial charge in [-0.15, -0.1) is 0 Å². The van der Waals surface area contributed by atoms with Crippen LogP contribution >= 0.6 is 0 Å². The Morgan fingerprint density at radius 2 is 2.15 bits per heavy atom. The summed E-state index contributed by atoms with van der Waals surface area (Å²) in [5.74, 6) is 1.22. The summed E-state index contributed by atoms with van der Waals surface area (Å²) in [6.07, 6.45) is 3.86. The van der Waals surface area contributed by atoms with Crippen LogP contribution in [0.1, 0.15) is 40.0 Å². The molecule has 1 fully saturated rings.